The van der Waals surface area contributed by atoms with Gasteiger partial charge in [0.25, 0.3) is 5.91 Å². The summed E-state index contributed by atoms with van der Waals surface area (Å²) in [6.07, 6.45) is 2.83. The minimum Gasteiger partial charge on any atom is -0.384 e. The van der Waals surface area contributed by atoms with Crippen molar-refractivity contribution in [3.05, 3.63) is 101 Å². The molecule has 39 heavy (non-hydrogen) atoms. The lowest BCUT2D eigenvalue weighted by molar-refractivity contribution is 0.0935. The Morgan fingerprint density at radius 3 is 2.49 bits per heavy atom. The van der Waals surface area contributed by atoms with Gasteiger partial charge in [-0.05, 0) is 41.8 Å². The first-order valence-corrected chi connectivity index (χ1v) is 11.6. The molecule has 12 heteroatoms. The lowest BCUT2D eigenvalue weighted by Crippen LogP contribution is -2.29. The summed E-state index contributed by atoms with van der Waals surface area (Å²) in [4.78, 5) is 25.4. The van der Waals surface area contributed by atoms with Crippen LogP contribution in [0.25, 0.3) is 11.1 Å². The molecule has 10 nitrogen and oxygen atoms in total. The van der Waals surface area contributed by atoms with E-state index in [1.54, 1.807) is 19.2 Å². The number of amidine groups is 1. The molecule has 0 bridgehead atoms. The highest BCUT2D eigenvalue weighted by atomic mass is 19.2. The third-order valence-electron chi connectivity index (χ3n) is 5.85. The Morgan fingerprint density at radius 1 is 1.08 bits per heavy atom. The first-order valence-electron chi connectivity index (χ1n) is 11.6. The van der Waals surface area contributed by atoms with E-state index in [1.165, 1.54) is 12.3 Å². The second-order valence-corrected chi connectivity index (χ2v) is 8.55. The summed E-state index contributed by atoms with van der Waals surface area (Å²) in [5.41, 5.74) is 14.3. The molecule has 0 aliphatic heterocycles. The molecule has 0 saturated carbocycles. The van der Waals surface area contributed by atoms with Crippen LogP contribution in [0.15, 0.2) is 60.9 Å². The van der Waals surface area contributed by atoms with Crippen molar-refractivity contribution in [2.24, 2.45) is 5.73 Å². The van der Waals surface area contributed by atoms with E-state index >= 15 is 0 Å². The van der Waals surface area contributed by atoms with E-state index in [0.29, 0.717) is 11.1 Å². The van der Waals surface area contributed by atoms with Crippen LogP contribution in [0.5, 0.6) is 0 Å². The van der Waals surface area contributed by atoms with Crippen LogP contribution in [0.2, 0.25) is 0 Å². The van der Waals surface area contributed by atoms with E-state index in [1.807, 2.05) is 30.3 Å². The van der Waals surface area contributed by atoms with Gasteiger partial charge in [-0.1, -0.05) is 30.3 Å². The highest BCUT2D eigenvalue weighted by Gasteiger charge is 2.19. The molecule has 2 aromatic carbocycles. The summed E-state index contributed by atoms with van der Waals surface area (Å²) in [5.74, 6) is -2.52. The summed E-state index contributed by atoms with van der Waals surface area (Å²) in [5, 5.41) is 22.6. The number of nitrogens with zero attached hydrogens (tertiary/aromatic N) is 4. The van der Waals surface area contributed by atoms with Gasteiger partial charge in [-0.2, -0.15) is 5.26 Å². The smallest absolute Gasteiger partial charge is 0.274 e. The SMILES string of the molecule is C[C@H](NC(=O)c1nc(C#N)cnc1NCc1ccc(-c2cnc(N)c(C(=N)N)c2)cc1)c1ccc(F)c(F)c1. The molecule has 1 amide bonds. The number of benzene rings is 2. The Hall–Kier alpha value is -5.44. The highest BCUT2D eigenvalue weighted by molar-refractivity contribution is 6.00. The number of nitrogens with two attached hydrogens (primary N) is 2. The topological polar surface area (TPSA) is 179 Å². The maximum Gasteiger partial charge on any atom is 0.274 e. The summed E-state index contributed by atoms with van der Waals surface area (Å²) in [7, 11) is 0. The second kappa shape index (κ2) is 11.3. The Kier molecular flexibility index (Phi) is 7.72. The molecule has 0 saturated heterocycles. The Balaban J connectivity index is 1.49. The number of carbonyl (C=O) groups is 1. The number of hydrogen-bond acceptors (Lipinski definition) is 8. The molecule has 4 aromatic rings. The van der Waals surface area contributed by atoms with Crippen LogP contribution >= 0.6 is 0 Å². The highest BCUT2D eigenvalue weighted by Crippen LogP contribution is 2.23. The predicted octanol–water partition coefficient (Wildman–Crippen LogP) is 3.66. The van der Waals surface area contributed by atoms with Gasteiger partial charge in [0, 0.05) is 18.3 Å². The number of amides is 1. The van der Waals surface area contributed by atoms with Gasteiger partial charge in [-0.15, -0.1) is 0 Å². The zero-order chi connectivity index (χ0) is 28.1. The van der Waals surface area contributed by atoms with Crippen LogP contribution in [0.1, 0.15) is 45.8 Å². The fourth-order valence-corrected chi connectivity index (χ4v) is 3.71. The van der Waals surface area contributed by atoms with Gasteiger partial charge in [0.2, 0.25) is 0 Å². The van der Waals surface area contributed by atoms with Crippen molar-refractivity contribution >= 4 is 23.4 Å². The molecule has 0 aliphatic carbocycles. The van der Waals surface area contributed by atoms with Crippen LogP contribution in [0.3, 0.4) is 0 Å². The molecule has 4 rings (SSSR count). The summed E-state index contributed by atoms with van der Waals surface area (Å²) in [6, 6.07) is 13.6. The lowest BCUT2D eigenvalue weighted by Gasteiger charge is -2.16. The molecule has 0 spiro atoms. The normalized spacial score (nSPS) is 11.3. The second-order valence-electron chi connectivity index (χ2n) is 8.55. The fourth-order valence-electron chi connectivity index (χ4n) is 3.71. The number of aromatic nitrogens is 3. The molecule has 0 radical (unpaired) electrons. The maximum atomic E-state index is 13.6. The summed E-state index contributed by atoms with van der Waals surface area (Å²) >= 11 is 0. The van der Waals surface area contributed by atoms with Crippen molar-refractivity contribution in [2.45, 2.75) is 19.5 Å². The Morgan fingerprint density at radius 2 is 1.82 bits per heavy atom. The van der Waals surface area contributed by atoms with E-state index in [4.69, 9.17) is 16.9 Å². The number of anilines is 2. The molecular weight excluding hydrogens is 504 g/mol. The monoisotopic (exact) mass is 527 g/mol. The number of rotatable bonds is 8. The molecule has 1 atom stereocenters. The molecule has 2 heterocycles. The molecule has 7 N–H and O–H groups in total. The number of nitriles is 1. The number of nitrogens with one attached hydrogen (secondary N) is 3. The van der Waals surface area contributed by atoms with Crippen molar-refractivity contribution in [1.82, 2.24) is 20.3 Å². The van der Waals surface area contributed by atoms with Crippen LogP contribution in [-0.4, -0.2) is 26.7 Å². The molecule has 0 fully saturated rings. The number of halogens is 2. The molecular formula is C27H23F2N9O. The number of nitrogen functional groups attached to an aromatic ring is 2. The van der Waals surface area contributed by atoms with Gasteiger partial charge in [0.05, 0.1) is 17.8 Å². The van der Waals surface area contributed by atoms with Crippen molar-refractivity contribution in [3.8, 4) is 17.2 Å². The van der Waals surface area contributed by atoms with Crippen LogP contribution < -0.4 is 22.1 Å². The molecule has 2 aromatic heterocycles. The van der Waals surface area contributed by atoms with Gasteiger partial charge < -0.3 is 22.1 Å². The predicted molar refractivity (Wildman–Crippen MR) is 141 cm³/mol. The Labute approximate surface area is 222 Å². The van der Waals surface area contributed by atoms with E-state index in [-0.39, 0.29) is 35.4 Å². The summed E-state index contributed by atoms with van der Waals surface area (Å²) in [6.45, 7) is 1.88. The largest absolute Gasteiger partial charge is 0.384 e. The number of carbonyl (C=O) groups excluding carboxylic acids is 1. The van der Waals surface area contributed by atoms with Gasteiger partial charge in [-0.3, -0.25) is 10.2 Å². The third-order valence-corrected chi connectivity index (χ3v) is 5.85. The van der Waals surface area contributed by atoms with E-state index in [2.05, 4.69) is 25.6 Å². The Bertz CT molecular complexity index is 1600. The van der Waals surface area contributed by atoms with Crippen molar-refractivity contribution in [1.29, 1.82) is 10.7 Å². The van der Waals surface area contributed by atoms with Crippen molar-refractivity contribution in [2.75, 3.05) is 11.1 Å². The first kappa shape index (κ1) is 26.6. The van der Waals surface area contributed by atoms with Gasteiger partial charge in [0.1, 0.15) is 17.7 Å². The van der Waals surface area contributed by atoms with Crippen molar-refractivity contribution in [3.63, 3.8) is 0 Å². The minimum atomic E-state index is -1.03. The van der Waals surface area contributed by atoms with Crippen LogP contribution in [-0.2, 0) is 6.54 Å². The molecule has 0 unspecified atom stereocenters. The maximum absolute atomic E-state index is 13.6. The average Bonchev–Trinajstić information content (AvgIpc) is 2.93. The van der Waals surface area contributed by atoms with Crippen LogP contribution in [0.4, 0.5) is 20.4 Å². The molecule has 196 valence electrons. The number of pyridine rings is 1. The summed E-state index contributed by atoms with van der Waals surface area (Å²) < 4.78 is 26.9. The zero-order valence-electron chi connectivity index (χ0n) is 20.7. The fraction of sp³-hybridized carbons (Fsp3) is 0.111. The van der Waals surface area contributed by atoms with Gasteiger partial charge >= 0.3 is 0 Å². The zero-order valence-corrected chi connectivity index (χ0v) is 20.7. The average molecular weight is 528 g/mol. The first-order chi connectivity index (χ1) is 18.7. The molecule has 0 aliphatic rings. The van der Waals surface area contributed by atoms with Gasteiger partial charge in [-0.25, -0.2) is 23.7 Å². The quantitative estimate of drug-likeness (QED) is 0.170. The van der Waals surface area contributed by atoms with E-state index < -0.39 is 23.6 Å². The third kappa shape index (κ3) is 6.11. The van der Waals surface area contributed by atoms with E-state index in [9.17, 15) is 18.8 Å². The van der Waals surface area contributed by atoms with Crippen LogP contribution in [0, 0.1) is 28.4 Å². The van der Waals surface area contributed by atoms with Crippen molar-refractivity contribution < 1.29 is 13.6 Å². The minimum absolute atomic E-state index is 0.0578. The van der Waals surface area contributed by atoms with Gasteiger partial charge in [0.15, 0.2) is 28.8 Å². The standard InChI is InChI=1S/C27H23F2N9O/c1-14(17-6-7-21(28)22(29)9-17)37-27(39)23-26(36-13-19(10-30)38-23)35-11-15-2-4-16(5-3-15)18-8-20(24(31)32)25(33)34-12-18/h2-9,12-14H,11H2,1H3,(H3,31,32)(H2,33,34)(H,35,36)(H,37,39)/t14-/m0/s1. The lowest BCUT2D eigenvalue weighted by atomic mass is 10.0. The van der Waals surface area contributed by atoms with E-state index in [0.717, 1.165) is 28.8 Å². The number of hydrogen-bond donors (Lipinski definition) is 5.